The second-order valence-electron chi connectivity index (χ2n) is 9.17. The number of pyridine rings is 1. The number of nitrogens with one attached hydrogen (secondary N) is 3. The van der Waals surface area contributed by atoms with Crippen LogP contribution in [0.3, 0.4) is 0 Å². The van der Waals surface area contributed by atoms with E-state index >= 15 is 0 Å². The lowest BCUT2D eigenvalue weighted by atomic mass is 10.0. The van der Waals surface area contributed by atoms with Gasteiger partial charge >= 0.3 is 0 Å². The second-order valence-corrected chi connectivity index (χ2v) is 9.17. The van der Waals surface area contributed by atoms with Crippen molar-refractivity contribution in [1.82, 2.24) is 29.4 Å². The first-order chi connectivity index (χ1) is 17.5. The number of nitrogens with zero attached hydrogens (tertiary/aromatic N) is 6. The largest absolute Gasteiger partial charge is 0.373 e. The molecular formula is C24H28FN9O2. The highest BCUT2D eigenvalue weighted by Crippen LogP contribution is 2.27. The third-order valence-electron chi connectivity index (χ3n) is 6.65. The molecule has 0 aromatic carbocycles. The second kappa shape index (κ2) is 9.94. The van der Waals surface area contributed by atoms with Crippen LogP contribution in [0.1, 0.15) is 42.1 Å². The van der Waals surface area contributed by atoms with Crippen LogP contribution in [0.2, 0.25) is 0 Å². The number of fused-ring (bicyclic) bond motifs is 1. The molecule has 3 N–H and O–H groups in total. The number of halogens is 1. The van der Waals surface area contributed by atoms with Gasteiger partial charge in [0.1, 0.15) is 29.1 Å². The van der Waals surface area contributed by atoms with E-state index in [1.165, 1.54) is 10.7 Å². The van der Waals surface area contributed by atoms with Gasteiger partial charge in [0.05, 0.1) is 18.3 Å². The molecule has 0 unspecified atom stereocenters. The number of aromatic nitrogens is 4. The fourth-order valence-electron chi connectivity index (χ4n) is 4.62. The van der Waals surface area contributed by atoms with Crippen LogP contribution < -0.4 is 21.5 Å². The molecule has 11 nitrogen and oxygen atoms in total. The Bertz CT molecular complexity index is 1380. The summed E-state index contributed by atoms with van der Waals surface area (Å²) in [6.45, 7) is 2.34. The summed E-state index contributed by atoms with van der Waals surface area (Å²) in [5, 5.41) is 21.9. The summed E-state index contributed by atoms with van der Waals surface area (Å²) >= 11 is 0. The fourth-order valence-corrected chi connectivity index (χ4v) is 4.62. The third-order valence-corrected chi connectivity index (χ3v) is 6.65. The lowest BCUT2D eigenvalue weighted by molar-refractivity contribution is 0.0949. The molecule has 3 atom stereocenters. The van der Waals surface area contributed by atoms with Crippen LogP contribution in [-0.4, -0.2) is 68.9 Å². The van der Waals surface area contributed by atoms with Crippen LogP contribution >= 0.6 is 0 Å². The van der Waals surface area contributed by atoms with Crippen molar-refractivity contribution in [1.29, 1.82) is 5.26 Å². The molecule has 3 aromatic heterocycles. The van der Waals surface area contributed by atoms with Gasteiger partial charge in [-0.1, -0.05) is 0 Å². The number of carbonyl (C=O) groups is 1. The van der Waals surface area contributed by atoms with Gasteiger partial charge in [0.2, 0.25) is 0 Å². The lowest BCUT2D eigenvalue weighted by Gasteiger charge is -2.33. The van der Waals surface area contributed by atoms with E-state index in [1.807, 2.05) is 6.07 Å². The summed E-state index contributed by atoms with van der Waals surface area (Å²) in [7, 11) is 1.72. The molecule has 1 amide bonds. The number of hydrogen-bond donors (Lipinski definition) is 3. The Balaban J connectivity index is 1.41. The fraction of sp³-hybridized carbons (Fsp3) is 0.458. The minimum atomic E-state index is -1.02. The van der Waals surface area contributed by atoms with Crippen LogP contribution in [0.15, 0.2) is 35.4 Å². The molecule has 1 saturated heterocycles. The highest BCUT2D eigenvalue weighted by Gasteiger charge is 2.39. The van der Waals surface area contributed by atoms with Crippen LogP contribution in [0.4, 0.5) is 21.7 Å². The number of anilines is 3. The Hall–Kier alpha value is -3.98. The number of likely N-dealkylation sites (tertiary alicyclic amines) is 1. The topological polar surface area (TPSA) is 132 Å². The van der Waals surface area contributed by atoms with Gasteiger partial charge in [-0.3, -0.25) is 9.59 Å². The first kappa shape index (κ1) is 23.7. The zero-order valence-electron chi connectivity index (χ0n) is 19.9. The van der Waals surface area contributed by atoms with E-state index in [2.05, 4.69) is 37.0 Å². The molecule has 1 saturated carbocycles. The summed E-state index contributed by atoms with van der Waals surface area (Å²) in [6, 6.07) is 6.93. The summed E-state index contributed by atoms with van der Waals surface area (Å²) < 4.78 is 16.5. The van der Waals surface area contributed by atoms with Crippen molar-refractivity contribution in [2.45, 2.75) is 43.9 Å². The minimum absolute atomic E-state index is 0.0156. The van der Waals surface area contributed by atoms with Gasteiger partial charge in [-0.05, 0) is 31.5 Å². The van der Waals surface area contributed by atoms with E-state index in [9.17, 15) is 14.0 Å². The van der Waals surface area contributed by atoms with E-state index < -0.39 is 18.1 Å². The van der Waals surface area contributed by atoms with Gasteiger partial charge in [-0.15, -0.1) is 0 Å². The van der Waals surface area contributed by atoms with Crippen molar-refractivity contribution in [3.8, 4) is 6.07 Å². The third kappa shape index (κ3) is 4.74. The normalized spacial score (nSPS) is 21.6. The molecule has 0 bridgehead atoms. The minimum Gasteiger partial charge on any atom is -0.373 e. The van der Waals surface area contributed by atoms with Crippen molar-refractivity contribution >= 4 is 28.9 Å². The van der Waals surface area contributed by atoms with Gasteiger partial charge < -0.3 is 25.4 Å². The predicted octanol–water partition coefficient (Wildman–Crippen LogP) is 2.07. The van der Waals surface area contributed by atoms with E-state index in [4.69, 9.17) is 5.26 Å². The molecule has 0 radical (unpaired) electrons. The van der Waals surface area contributed by atoms with Gasteiger partial charge in [-0.25, -0.2) is 9.37 Å². The maximum atomic E-state index is 13.4. The number of carbonyl (C=O) groups excluding carboxylic acids is 1. The zero-order valence-corrected chi connectivity index (χ0v) is 19.9. The number of nitriles is 1. The molecule has 3 aromatic rings. The molecule has 1 aliphatic carbocycles. The number of piperidine rings is 1. The number of amides is 1. The quantitative estimate of drug-likeness (QED) is 0.435. The maximum absolute atomic E-state index is 13.4. The molecule has 12 heteroatoms. The van der Waals surface area contributed by atoms with E-state index in [0.717, 1.165) is 19.4 Å². The zero-order chi connectivity index (χ0) is 25.2. The molecule has 36 heavy (non-hydrogen) atoms. The molecule has 2 aliphatic rings. The average Bonchev–Trinajstić information content (AvgIpc) is 3.40. The van der Waals surface area contributed by atoms with Gasteiger partial charge in [0.15, 0.2) is 5.65 Å². The van der Waals surface area contributed by atoms with Crippen LogP contribution in [0.25, 0.3) is 5.65 Å². The maximum Gasteiger partial charge on any atom is 0.274 e. The number of rotatable bonds is 8. The Kier molecular flexibility index (Phi) is 6.56. The lowest BCUT2D eigenvalue weighted by Crippen LogP contribution is -2.40. The van der Waals surface area contributed by atoms with Crippen molar-refractivity contribution in [3.63, 3.8) is 0 Å². The van der Waals surface area contributed by atoms with Gasteiger partial charge in [-0.2, -0.15) is 14.9 Å². The summed E-state index contributed by atoms with van der Waals surface area (Å²) in [5.74, 6) is 0.487. The average molecular weight is 494 g/mol. The summed E-state index contributed by atoms with van der Waals surface area (Å²) in [4.78, 5) is 32.8. The van der Waals surface area contributed by atoms with Gasteiger partial charge in [0.25, 0.3) is 11.5 Å². The molecule has 1 aliphatic heterocycles. The Morgan fingerprint density at radius 2 is 2.22 bits per heavy atom. The van der Waals surface area contributed by atoms with E-state index in [0.29, 0.717) is 43.3 Å². The Labute approximate surface area is 206 Å². The van der Waals surface area contributed by atoms with Gasteiger partial charge in [0, 0.05) is 51.3 Å². The number of alkyl halides is 1. The highest BCUT2D eigenvalue weighted by molar-refractivity contribution is 6.00. The first-order valence-electron chi connectivity index (χ1n) is 12.1. The van der Waals surface area contributed by atoms with Crippen LogP contribution in [-0.2, 0) is 0 Å². The molecule has 188 valence electrons. The van der Waals surface area contributed by atoms with Crippen LogP contribution in [0, 0.1) is 11.3 Å². The SMILES string of the molecule is CNc1cc(Nc2cccn([C@@H]3CCCN(CCC#N)C3)c2=O)nc2c(C(=O)N[C@@H]3C[C@@H]3F)cnn12. The molecular weight excluding hydrogens is 465 g/mol. The number of hydrogen-bond acceptors (Lipinski definition) is 8. The van der Waals surface area contributed by atoms with Crippen LogP contribution in [0.5, 0.6) is 0 Å². The molecule has 0 spiro atoms. The molecule has 5 rings (SSSR count). The standard InChI is InChI=1S/C24H28FN9O2/c1-27-21-12-20(31-22-16(13-28-34(21)22)23(35)30-19-11-17(19)25)29-18-6-3-10-33(24(18)36)15-5-2-8-32(14-15)9-4-7-26/h3,6,10,12-13,15,17,19,27H,2,4-5,8-9,11,14H2,1H3,(H,29,31)(H,30,35)/t15-,17+,19-/m1/s1. The van der Waals surface area contributed by atoms with Crippen molar-refractivity contribution < 1.29 is 9.18 Å². The van der Waals surface area contributed by atoms with E-state index in [1.54, 1.807) is 29.9 Å². The molecule has 2 fully saturated rings. The van der Waals surface area contributed by atoms with Crippen molar-refractivity contribution in [2.75, 3.05) is 37.3 Å². The Morgan fingerprint density at radius 1 is 1.39 bits per heavy atom. The van der Waals surface area contributed by atoms with E-state index in [-0.39, 0.29) is 22.8 Å². The first-order valence-corrected chi connectivity index (χ1v) is 12.1. The highest BCUT2D eigenvalue weighted by atomic mass is 19.1. The summed E-state index contributed by atoms with van der Waals surface area (Å²) in [6.07, 6.45) is 4.79. The smallest absolute Gasteiger partial charge is 0.274 e. The van der Waals surface area contributed by atoms with Crippen molar-refractivity contribution in [2.24, 2.45) is 0 Å². The summed E-state index contributed by atoms with van der Waals surface area (Å²) in [5.41, 5.74) is 0.690. The molecule has 4 heterocycles. The Morgan fingerprint density at radius 3 is 2.97 bits per heavy atom. The monoisotopic (exact) mass is 493 g/mol. The predicted molar refractivity (Wildman–Crippen MR) is 132 cm³/mol. The van der Waals surface area contributed by atoms with Crippen molar-refractivity contribution in [3.05, 3.63) is 46.5 Å².